The Bertz CT molecular complexity index is 685. The Morgan fingerprint density at radius 3 is 2.75 bits per heavy atom. The lowest BCUT2D eigenvalue weighted by molar-refractivity contribution is -0.0707. The van der Waals surface area contributed by atoms with E-state index in [2.05, 4.69) is 29.2 Å². The van der Waals surface area contributed by atoms with E-state index < -0.39 is 0 Å². The summed E-state index contributed by atoms with van der Waals surface area (Å²) in [5, 5.41) is 4.07. The standard InChI is InChI=1S/C18H24N4O2/c1-20-9-10-24-16(17(20)14-7-5-4-6-8-14)13-21(2)18(23)15-11-19-22(3)12-15/h4-8,11-12,16-17H,9-10,13H2,1-3H3/t16-,17-/m0/s1. The van der Waals surface area contributed by atoms with E-state index in [0.717, 1.165) is 6.54 Å². The highest BCUT2D eigenvalue weighted by molar-refractivity contribution is 5.93. The van der Waals surface area contributed by atoms with Gasteiger partial charge in [0.1, 0.15) is 0 Å². The van der Waals surface area contributed by atoms with Crippen LogP contribution in [0.5, 0.6) is 0 Å². The Morgan fingerprint density at radius 1 is 1.33 bits per heavy atom. The molecular formula is C18H24N4O2. The summed E-state index contributed by atoms with van der Waals surface area (Å²) in [4.78, 5) is 16.6. The molecule has 2 atom stereocenters. The maximum atomic E-state index is 12.6. The van der Waals surface area contributed by atoms with Gasteiger partial charge in [0, 0.05) is 33.4 Å². The average molecular weight is 328 g/mol. The van der Waals surface area contributed by atoms with E-state index in [4.69, 9.17) is 4.74 Å². The number of likely N-dealkylation sites (N-methyl/N-ethyl adjacent to an activating group) is 2. The molecule has 0 radical (unpaired) electrons. The van der Waals surface area contributed by atoms with Crippen LogP contribution < -0.4 is 0 Å². The topological polar surface area (TPSA) is 50.6 Å². The predicted molar refractivity (Wildman–Crippen MR) is 91.7 cm³/mol. The van der Waals surface area contributed by atoms with Crippen molar-refractivity contribution in [3.63, 3.8) is 0 Å². The van der Waals surface area contributed by atoms with Crippen LogP contribution in [0.2, 0.25) is 0 Å². The number of ether oxygens (including phenoxy) is 1. The van der Waals surface area contributed by atoms with Crippen molar-refractivity contribution in [1.82, 2.24) is 19.6 Å². The summed E-state index contributed by atoms with van der Waals surface area (Å²) in [5.41, 5.74) is 1.81. The number of hydrogen-bond acceptors (Lipinski definition) is 4. The molecule has 1 fully saturated rings. The lowest BCUT2D eigenvalue weighted by Gasteiger charge is -2.40. The van der Waals surface area contributed by atoms with E-state index in [-0.39, 0.29) is 18.1 Å². The third-order valence-corrected chi connectivity index (χ3v) is 4.50. The predicted octanol–water partition coefficient (Wildman–Crippen LogP) is 1.56. The molecule has 2 aromatic rings. The van der Waals surface area contributed by atoms with Crippen LogP contribution in [0.4, 0.5) is 0 Å². The molecule has 6 heteroatoms. The van der Waals surface area contributed by atoms with Crippen molar-refractivity contribution in [2.75, 3.05) is 33.8 Å². The van der Waals surface area contributed by atoms with Gasteiger partial charge in [-0.2, -0.15) is 5.10 Å². The molecular weight excluding hydrogens is 304 g/mol. The molecule has 0 unspecified atom stereocenters. The zero-order valence-electron chi connectivity index (χ0n) is 14.4. The van der Waals surface area contributed by atoms with Crippen molar-refractivity contribution in [1.29, 1.82) is 0 Å². The Kier molecular flexibility index (Phi) is 4.97. The van der Waals surface area contributed by atoms with E-state index in [1.165, 1.54) is 5.56 Å². The SMILES string of the molecule is CN(C[C@@H]1OCCN(C)[C@H]1c1ccccc1)C(=O)c1cnn(C)c1. The molecule has 24 heavy (non-hydrogen) atoms. The second kappa shape index (κ2) is 7.15. The fourth-order valence-corrected chi connectivity index (χ4v) is 3.24. The van der Waals surface area contributed by atoms with Crippen molar-refractivity contribution < 1.29 is 9.53 Å². The van der Waals surface area contributed by atoms with Crippen LogP contribution >= 0.6 is 0 Å². The van der Waals surface area contributed by atoms with Crippen molar-refractivity contribution in [2.45, 2.75) is 12.1 Å². The van der Waals surface area contributed by atoms with Gasteiger partial charge in [-0.25, -0.2) is 0 Å². The molecule has 0 aliphatic carbocycles. The molecule has 1 aliphatic heterocycles. The van der Waals surface area contributed by atoms with Crippen molar-refractivity contribution in [3.05, 3.63) is 53.9 Å². The van der Waals surface area contributed by atoms with Crippen LogP contribution in [0.25, 0.3) is 0 Å². The van der Waals surface area contributed by atoms with Crippen LogP contribution in [-0.4, -0.2) is 65.4 Å². The third-order valence-electron chi connectivity index (χ3n) is 4.50. The van der Waals surface area contributed by atoms with Crippen molar-refractivity contribution >= 4 is 5.91 Å². The second-order valence-corrected chi connectivity index (χ2v) is 6.33. The van der Waals surface area contributed by atoms with Crippen LogP contribution in [0.3, 0.4) is 0 Å². The number of morpholine rings is 1. The van der Waals surface area contributed by atoms with Crippen LogP contribution in [0, 0.1) is 0 Å². The number of carbonyl (C=O) groups excluding carboxylic acids is 1. The molecule has 0 saturated carbocycles. The van der Waals surface area contributed by atoms with Crippen LogP contribution in [0.1, 0.15) is 22.0 Å². The number of aromatic nitrogens is 2. The van der Waals surface area contributed by atoms with Crippen LogP contribution in [0.15, 0.2) is 42.7 Å². The number of benzene rings is 1. The zero-order valence-corrected chi connectivity index (χ0v) is 14.4. The van der Waals surface area contributed by atoms with Crippen molar-refractivity contribution in [3.8, 4) is 0 Å². The summed E-state index contributed by atoms with van der Waals surface area (Å²) in [5.74, 6) is -0.0354. The lowest BCUT2D eigenvalue weighted by atomic mass is 9.98. The molecule has 128 valence electrons. The van der Waals surface area contributed by atoms with Gasteiger partial charge in [0.25, 0.3) is 5.91 Å². The first-order valence-electron chi connectivity index (χ1n) is 8.17. The Morgan fingerprint density at radius 2 is 2.08 bits per heavy atom. The monoisotopic (exact) mass is 328 g/mol. The molecule has 6 nitrogen and oxygen atoms in total. The maximum absolute atomic E-state index is 12.6. The first kappa shape index (κ1) is 16.7. The van der Waals surface area contributed by atoms with E-state index in [1.54, 1.807) is 29.0 Å². The third kappa shape index (κ3) is 3.49. The van der Waals surface area contributed by atoms with Gasteiger partial charge in [0.2, 0.25) is 0 Å². The highest BCUT2D eigenvalue weighted by Crippen LogP contribution is 2.28. The first-order valence-corrected chi connectivity index (χ1v) is 8.17. The first-order chi connectivity index (χ1) is 11.6. The molecule has 0 N–H and O–H groups in total. The smallest absolute Gasteiger partial charge is 0.256 e. The minimum absolute atomic E-state index is 0.0354. The lowest BCUT2D eigenvalue weighted by Crippen LogP contribution is -2.48. The van der Waals surface area contributed by atoms with Gasteiger partial charge in [0.15, 0.2) is 0 Å². The molecule has 1 aliphatic rings. The van der Waals surface area contributed by atoms with E-state index in [0.29, 0.717) is 18.7 Å². The largest absolute Gasteiger partial charge is 0.373 e. The van der Waals surface area contributed by atoms with E-state index in [9.17, 15) is 4.79 Å². The molecule has 1 saturated heterocycles. The number of hydrogen-bond donors (Lipinski definition) is 0. The quantitative estimate of drug-likeness (QED) is 0.855. The van der Waals surface area contributed by atoms with Gasteiger partial charge in [-0.1, -0.05) is 30.3 Å². The highest BCUT2D eigenvalue weighted by Gasteiger charge is 2.33. The summed E-state index contributed by atoms with van der Waals surface area (Å²) in [6, 6.07) is 10.5. The summed E-state index contributed by atoms with van der Waals surface area (Å²) < 4.78 is 7.66. The maximum Gasteiger partial charge on any atom is 0.256 e. The molecule has 1 amide bonds. The summed E-state index contributed by atoms with van der Waals surface area (Å²) in [6.07, 6.45) is 3.28. The molecule has 1 aromatic carbocycles. The number of rotatable bonds is 4. The van der Waals surface area contributed by atoms with Gasteiger partial charge < -0.3 is 9.64 Å². The van der Waals surface area contributed by atoms with Gasteiger partial charge >= 0.3 is 0 Å². The molecule has 2 heterocycles. The number of carbonyl (C=O) groups is 1. The number of aryl methyl sites for hydroxylation is 1. The van der Waals surface area contributed by atoms with Gasteiger partial charge in [-0.05, 0) is 12.6 Å². The minimum atomic E-state index is -0.0585. The van der Waals surface area contributed by atoms with Gasteiger partial charge in [-0.15, -0.1) is 0 Å². The summed E-state index contributed by atoms with van der Waals surface area (Å²) in [6.45, 7) is 2.10. The molecule has 3 rings (SSSR count). The average Bonchev–Trinajstić information content (AvgIpc) is 3.01. The summed E-state index contributed by atoms with van der Waals surface area (Å²) in [7, 11) is 5.73. The normalized spacial score (nSPS) is 21.6. The number of nitrogens with zero attached hydrogens (tertiary/aromatic N) is 4. The van der Waals surface area contributed by atoms with Crippen LogP contribution in [-0.2, 0) is 11.8 Å². The minimum Gasteiger partial charge on any atom is -0.373 e. The Balaban J connectivity index is 1.75. The van der Waals surface area contributed by atoms with E-state index >= 15 is 0 Å². The zero-order chi connectivity index (χ0) is 17.1. The van der Waals surface area contributed by atoms with Gasteiger partial charge in [0.05, 0.1) is 30.5 Å². The number of amides is 1. The molecule has 0 bridgehead atoms. The van der Waals surface area contributed by atoms with E-state index in [1.807, 2.05) is 25.2 Å². The molecule has 0 spiro atoms. The van der Waals surface area contributed by atoms with Gasteiger partial charge in [-0.3, -0.25) is 14.4 Å². The Labute approximate surface area is 142 Å². The second-order valence-electron chi connectivity index (χ2n) is 6.33. The molecule has 1 aromatic heterocycles. The van der Waals surface area contributed by atoms with Crippen molar-refractivity contribution in [2.24, 2.45) is 7.05 Å². The highest BCUT2D eigenvalue weighted by atomic mass is 16.5. The summed E-state index contributed by atoms with van der Waals surface area (Å²) >= 11 is 0. The fraction of sp³-hybridized carbons (Fsp3) is 0.444. The fourth-order valence-electron chi connectivity index (χ4n) is 3.24. The Hall–Kier alpha value is -2.18.